The monoisotopic (exact) mass is 346 g/mol. The van der Waals surface area contributed by atoms with Crippen molar-refractivity contribution < 1.29 is 4.79 Å². The van der Waals surface area contributed by atoms with E-state index in [0.29, 0.717) is 17.2 Å². The number of nitrogens with zero attached hydrogens (tertiary/aromatic N) is 2. The fourth-order valence-electron chi connectivity index (χ4n) is 2.89. The molecule has 2 aromatic carbocycles. The number of carbonyl (C=O) groups excluding carboxylic acids is 1. The van der Waals surface area contributed by atoms with Crippen molar-refractivity contribution in [1.29, 1.82) is 0 Å². The first-order valence-corrected chi connectivity index (χ1v) is 8.62. The predicted octanol–water partition coefficient (Wildman–Crippen LogP) is 3.81. The summed E-state index contributed by atoms with van der Waals surface area (Å²) in [5.74, 6) is 0.203. The zero-order valence-corrected chi connectivity index (χ0v) is 14.9. The number of benzene rings is 2. The molecule has 1 heterocycles. The Kier molecular flexibility index (Phi) is 5.27. The molecule has 3 rings (SSSR count). The van der Waals surface area contributed by atoms with Crippen molar-refractivity contribution in [2.75, 3.05) is 0 Å². The van der Waals surface area contributed by atoms with Crippen LogP contribution in [-0.4, -0.2) is 16.9 Å². The van der Waals surface area contributed by atoms with Gasteiger partial charge in [0.2, 0.25) is 5.96 Å². The number of aromatic nitrogens is 1. The van der Waals surface area contributed by atoms with E-state index in [1.165, 1.54) is 0 Å². The van der Waals surface area contributed by atoms with Gasteiger partial charge in [-0.1, -0.05) is 50.2 Å². The topological polar surface area (TPSA) is 80.4 Å². The second-order valence-electron chi connectivity index (χ2n) is 6.56. The van der Waals surface area contributed by atoms with Crippen LogP contribution in [0.25, 0.3) is 10.9 Å². The highest BCUT2D eigenvalue weighted by Crippen LogP contribution is 2.22. The molecule has 0 aliphatic carbocycles. The number of nitrogens with one attached hydrogen (secondary N) is 1. The van der Waals surface area contributed by atoms with E-state index in [2.05, 4.69) is 29.1 Å². The highest BCUT2D eigenvalue weighted by atomic mass is 16.1. The molecule has 26 heavy (non-hydrogen) atoms. The van der Waals surface area contributed by atoms with Gasteiger partial charge in [-0.05, 0) is 36.1 Å². The molecule has 1 aromatic heterocycles. The normalized spacial score (nSPS) is 11.7. The summed E-state index contributed by atoms with van der Waals surface area (Å²) in [6.45, 7) is 4.23. The van der Waals surface area contributed by atoms with Crippen molar-refractivity contribution in [2.24, 2.45) is 16.6 Å². The molecule has 132 valence electrons. The summed E-state index contributed by atoms with van der Waals surface area (Å²) < 4.78 is 0. The molecule has 5 nitrogen and oxygen atoms in total. The largest absolute Gasteiger partial charge is 0.369 e. The van der Waals surface area contributed by atoms with Crippen LogP contribution in [0.3, 0.4) is 0 Å². The summed E-state index contributed by atoms with van der Waals surface area (Å²) in [5, 5.41) is 3.53. The molecule has 0 fully saturated rings. The fourth-order valence-corrected chi connectivity index (χ4v) is 2.89. The minimum absolute atomic E-state index is 0.0672. The Morgan fingerprint density at radius 3 is 2.54 bits per heavy atom. The lowest BCUT2D eigenvalue weighted by Crippen LogP contribution is -2.37. The second kappa shape index (κ2) is 7.78. The van der Waals surface area contributed by atoms with Gasteiger partial charge in [0.1, 0.15) is 0 Å². The van der Waals surface area contributed by atoms with Crippen molar-refractivity contribution in [1.82, 2.24) is 10.3 Å². The Hall–Kier alpha value is -3.21. The lowest BCUT2D eigenvalue weighted by atomic mass is 9.96. The number of fused-ring (bicyclic) bond motifs is 1. The number of guanidine groups is 1. The third kappa shape index (κ3) is 4.06. The van der Waals surface area contributed by atoms with Crippen LogP contribution in [-0.2, 0) is 6.42 Å². The maximum atomic E-state index is 13.0. The smallest absolute Gasteiger partial charge is 0.258 e. The van der Waals surface area contributed by atoms with Crippen molar-refractivity contribution in [3.8, 4) is 0 Å². The van der Waals surface area contributed by atoms with Crippen molar-refractivity contribution in [3.05, 3.63) is 71.9 Å². The third-order valence-corrected chi connectivity index (χ3v) is 3.96. The molecule has 0 bridgehead atoms. The number of rotatable bonds is 4. The predicted molar refractivity (Wildman–Crippen MR) is 105 cm³/mol. The molecule has 3 aromatic rings. The van der Waals surface area contributed by atoms with Gasteiger partial charge in [-0.3, -0.25) is 15.1 Å². The number of pyridine rings is 1. The van der Waals surface area contributed by atoms with Crippen LogP contribution in [0.1, 0.15) is 29.8 Å². The summed E-state index contributed by atoms with van der Waals surface area (Å²) in [6, 6.07) is 16.9. The second-order valence-corrected chi connectivity index (χ2v) is 6.56. The quantitative estimate of drug-likeness (QED) is 0.557. The van der Waals surface area contributed by atoms with Crippen LogP contribution >= 0.6 is 0 Å². The number of para-hydroxylation sites is 2. The van der Waals surface area contributed by atoms with E-state index >= 15 is 0 Å². The van der Waals surface area contributed by atoms with Gasteiger partial charge in [-0.25, -0.2) is 4.99 Å². The lowest BCUT2D eigenvalue weighted by Gasteiger charge is -2.14. The van der Waals surface area contributed by atoms with Gasteiger partial charge in [-0.15, -0.1) is 0 Å². The molecule has 0 atom stereocenters. The first-order valence-electron chi connectivity index (χ1n) is 8.62. The summed E-state index contributed by atoms with van der Waals surface area (Å²) in [5.41, 5.74) is 8.92. The molecule has 0 radical (unpaired) electrons. The number of hydrogen-bond acceptors (Lipinski definition) is 3. The molecular weight excluding hydrogens is 324 g/mol. The van der Waals surface area contributed by atoms with E-state index in [1.54, 1.807) is 6.20 Å². The zero-order chi connectivity index (χ0) is 18.5. The van der Waals surface area contributed by atoms with Crippen molar-refractivity contribution >= 4 is 28.5 Å². The Bertz CT molecular complexity index is 949. The molecule has 0 unspecified atom stereocenters. The van der Waals surface area contributed by atoms with E-state index in [9.17, 15) is 4.79 Å². The van der Waals surface area contributed by atoms with E-state index < -0.39 is 0 Å². The summed E-state index contributed by atoms with van der Waals surface area (Å²) in [4.78, 5) is 21.7. The maximum Gasteiger partial charge on any atom is 0.258 e. The Morgan fingerprint density at radius 1 is 1.12 bits per heavy atom. The molecular formula is C21H22N4O. The molecule has 0 spiro atoms. The van der Waals surface area contributed by atoms with Crippen LogP contribution < -0.4 is 11.1 Å². The lowest BCUT2D eigenvalue weighted by molar-refractivity contribution is 0.0977. The fraction of sp³-hybridized carbons (Fsp3) is 0.190. The summed E-state index contributed by atoms with van der Waals surface area (Å²) >= 11 is 0. The van der Waals surface area contributed by atoms with Crippen molar-refractivity contribution in [3.63, 3.8) is 0 Å². The SMILES string of the molecule is CC(C)Cc1cnc2ccccc2c1C(=O)NC(N)=Nc1ccccc1. The van der Waals surface area contributed by atoms with Crippen LogP contribution in [0, 0.1) is 5.92 Å². The van der Waals surface area contributed by atoms with E-state index in [1.807, 2.05) is 54.6 Å². The van der Waals surface area contributed by atoms with E-state index in [-0.39, 0.29) is 11.9 Å². The first-order chi connectivity index (χ1) is 12.5. The average molecular weight is 346 g/mol. The molecule has 0 aliphatic heterocycles. The standard InChI is InChI=1S/C21H22N4O/c1-14(2)12-15-13-23-18-11-7-6-10-17(18)19(15)20(26)25-21(22)24-16-8-4-3-5-9-16/h3-11,13-14H,12H2,1-2H3,(H3,22,24,25,26). The molecule has 0 saturated heterocycles. The molecule has 3 N–H and O–H groups in total. The van der Waals surface area contributed by atoms with Gasteiger partial charge >= 0.3 is 0 Å². The van der Waals surface area contributed by atoms with Crippen molar-refractivity contribution in [2.45, 2.75) is 20.3 Å². The number of amides is 1. The Labute approximate surface area is 153 Å². The zero-order valence-electron chi connectivity index (χ0n) is 14.9. The van der Waals surface area contributed by atoms with Gasteiger partial charge in [0.05, 0.1) is 16.8 Å². The van der Waals surface area contributed by atoms with Crippen LogP contribution in [0.4, 0.5) is 5.69 Å². The Balaban J connectivity index is 1.97. The van der Waals surface area contributed by atoms with Gasteiger partial charge in [-0.2, -0.15) is 0 Å². The van der Waals surface area contributed by atoms with Gasteiger partial charge in [0.25, 0.3) is 5.91 Å². The molecule has 5 heteroatoms. The molecule has 0 saturated carbocycles. The summed E-state index contributed by atoms with van der Waals surface area (Å²) in [6.07, 6.45) is 2.54. The summed E-state index contributed by atoms with van der Waals surface area (Å²) in [7, 11) is 0. The van der Waals surface area contributed by atoms with Gasteiger partial charge in [0, 0.05) is 11.6 Å². The number of hydrogen-bond donors (Lipinski definition) is 2. The Morgan fingerprint density at radius 2 is 1.81 bits per heavy atom. The van der Waals surface area contributed by atoms with Crippen LogP contribution in [0.2, 0.25) is 0 Å². The highest BCUT2D eigenvalue weighted by molar-refractivity contribution is 6.13. The van der Waals surface area contributed by atoms with Crippen LogP contribution in [0.5, 0.6) is 0 Å². The molecule has 0 aliphatic rings. The first kappa shape index (κ1) is 17.6. The minimum Gasteiger partial charge on any atom is -0.369 e. The van der Waals surface area contributed by atoms with Gasteiger partial charge in [0.15, 0.2) is 0 Å². The number of nitrogens with two attached hydrogens (primary N) is 1. The number of carbonyl (C=O) groups is 1. The maximum absolute atomic E-state index is 13.0. The average Bonchev–Trinajstić information content (AvgIpc) is 2.61. The highest BCUT2D eigenvalue weighted by Gasteiger charge is 2.17. The van der Waals surface area contributed by atoms with E-state index in [0.717, 1.165) is 22.9 Å². The minimum atomic E-state index is -0.267. The van der Waals surface area contributed by atoms with Gasteiger partial charge < -0.3 is 5.73 Å². The van der Waals surface area contributed by atoms with E-state index in [4.69, 9.17) is 5.73 Å². The molecule has 1 amide bonds. The van der Waals surface area contributed by atoms with Crippen LogP contribution in [0.15, 0.2) is 65.8 Å². The third-order valence-electron chi connectivity index (χ3n) is 3.96. The number of aliphatic imine (C=N–C) groups is 1.